The predicted octanol–water partition coefficient (Wildman–Crippen LogP) is 3.42. The summed E-state index contributed by atoms with van der Waals surface area (Å²) in [6.45, 7) is 7.19. The van der Waals surface area contributed by atoms with Gasteiger partial charge in [0.2, 0.25) is 5.91 Å². The van der Waals surface area contributed by atoms with E-state index in [0.29, 0.717) is 13.1 Å². The minimum Gasteiger partial charge on any atom is -0.391 e. The van der Waals surface area contributed by atoms with Crippen LogP contribution in [0, 0.1) is 11.3 Å². The van der Waals surface area contributed by atoms with Gasteiger partial charge < -0.3 is 10.0 Å². The summed E-state index contributed by atoms with van der Waals surface area (Å²) in [5.74, 6) is 0.239. The van der Waals surface area contributed by atoms with Gasteiger partial charge in [-0.25, -0.2) is 0 Å². The van der Waals surface area contributed by atoms with Crippen molar-refractivity contribution in [2.24, 2.45) is 11.3 Å². The zero-order valence-corrected chi connectivity index (χ0v) is 15.4. The molecule has 1 aliphatic heterocycles. The Bertz CT molecular complexity index is 751. The number of para-hydroxylation sites is 1. The van der Waals surface area contributed by atoms with E-state index >= 15 is 0 Å². The third-order valence-corrected chi connectivity index (χ3v) is 5.37. The summed E-state index contributed by atoms with van der Waals surface area (Å²) in [5, 5.41) is 11.7. The van der Waals surface area contributed by atoms with E-state index in [4.69, 9.17) is 0 Å². The quantitative estimate of drug-likeness (QED) is 0.907. The Balaban J connectivity index is 1.75. The van der Waals surface area contributed by atoms with Crippen LogP contribution in [0.25, 0.3) is 10.9 Å². The Labute approximate surface area is 149 Å². The van der Waals surface area contributed by atoms with Crippen molar-refractivity contribution in [1.82, 2.24) is 9.88 Å². The minimum absolute atomic E-state index is 0.0761. The van der Waals surface area contributed by atoms with Crippen molar-refractivity contribution in [2.45, 2.75) is 46.1 Å². The van der Waals surface area contributed by atoms with E-state index < -0.39 is 6.10 Å². The summed E-state index contributed by atoms with van der Waals surface area (Å²) >= 11 is 0. The number of rotatable bonds is 5. The maximum absolute atomic E-state index is 12.8. The highest BCUT2D eigenvalue weighted by molar-refractivity contribution is 5.83. The summed E-state index contributed by atoms with van der Waals surface area (Å²) in [7, 11) is 0. The molecule has 0 unspecified atom stereocenters. The molecule has 1 N–H and O–H groups in total. The number of carbonyl (C=O) groups is 1. The molecule has 25 heavy (non-hydrogen) atoms. The molecule has 2 aromatic rings. The Morgan fingerprint density at radius 3 is 2.80 bits per heavy atom. The molecule has 1 aliphatic rings. The first-order valence-corrected chi connectivity index (χ1v) is 9.22. The Kier molecular flexibility index (Phi) is 5.09. The van der Waals surface area contributed by atoms with E-state index in [0.717, 1.165) is 30.2 Å². The average molecular weight is 340 g/mol. The monoisotopic (exact) mass is 340 g/mol. The van der Waals surface area contributed by atoms with Gasteiger partial charge in [0.25, 0.3) is 0 Å². The van der Waals surface area contributed by atoms with E-state index in [-0.39, 0.29) is 17.2 Å². The lowest BCUT2D eigenvalue weighted by atomic mass is 9.86. The fourth-order valence-corrected chi connectivity index (χ4v) is 4.00. The predicted molar refractivity (Wildman–Crippen MR) is 100 cm³/mol. The number of aromatic nitrogens is 1. The van der Waals surface area contributed by atoms with Gasteiger partial charge in [-0.05, 0) is 30.5 Å². The molecule has 0 radical (unpaired) electrons. The number of benzene rings is 1. The molecule has 4 nitrogen and oxygen atoms in total. The fourth-order valence-electron chi connectivity index (χ4n) is 4.00. The number of carbonyl (C=O) groups excluding carboxylic acids is 1. The van der Waals surface area contributed by atoms with E-state index in [9.17, 15) is 9.90 Å². The van der Waals surface area contributed by atoms with Gasteiger partial charge in [-0.2, -0.15) is 0 Å². The molecule has 0 bridgehead atoms. The van der Waals surface area contributed by atoms with Gasteiger partial charge in [-0.1, -0.05) is 45.4 Å². The first-order valence-electron chi connectivity index (χ1n) is 9.22. The van der Waals surface area contributed by atoms with Crippen LogP contribution in [0.4, 0.5) is 0 Å². The average Bonchev–Trinajstić information content (AvgIpc) is 2.95. The molecule has 3 rings (SSSR count). The molecule has 0 aliphatic carbocycles. The SMILES string of the molecule is CCCC(C)(C)C(=O)N1C[C@@H](Cc2ccnc3ccccc23)[C@H](O)C1. The minimum atomic E-state index is -0.465. The summed E-state index contributed by atoms with van der Waals surface area (Å²) in [6, 6.07) is 10.1. The zero-order valence-electron chi connectivity index (χ0n) is 15.4. The molecule has 134 valence electrons. The van der Waals surface area contributed by atoms with Crippen LogP contribution < -0.4 is 0 Å². The number of β-amino-alcohol motifs (C(OH)–C–C–N with tert-alkyl or cyclic N) is 1. The van der Waals surface area contributed by atoms with Crippen molar-refractivity contribution < 1.29 is 9.90 Å². The lowest BCUT2D eigenvalue weighted by molar-refractivity contribution is -0.140. The summed E-state index contributed by atoms with van der Waals surface area (Å²) in [6.07, 6.45) is 3.99. The van der Waals surface area contributed by atoms with E-state index in [1.165, 1.54) is 5.56 Å². The molecule has 2 atom stereocenters. The molecule has 0 spiro atoms. The topological polar surface area (TPSA) is 53.4 Å². The Morgan fingerprint density at radius 1 is 1.28 bits per heavy atom. The second kappa shape index (κ2) is 7.12. The maximum Gasteiger partial charge on any atom is 0.228 e. The molecule has 2 heterocycles. The summed E-state index contributed by atoms with van der Waals surface area (Å²) in [5.41, 5.74) is 1.81. The van der Waals surface area contributed by atoms with Crippen LogP contribution in [0.1, 0.15) is 39.2 Å². The largest absolute Gasteiger partial charge is 0.391 e. The maximum atomic E-state index is 12.8. The number of hydrogen-bond acceptors (Lipinski definition) is 3. The number of nitrogens with zero attached hydrogens (tertiary/aromatic N) is 2. The van der Waals surface area contributed by atoms with Gasteiger partial charge in [0, 0.05) is 36.0 Å². The number of amides is 1. The standard InChI is InChI=1S/C21H28N2O2/c1-4-10-21(2,3)20(25)23-13-16(19(24)14-23)12-15-9-11-22-18-8-6-5-7-17(15)18/h5-9,11,16,19,24H,4,10,12-14H2,1-3H3/t16-,19-/m1/s1. The van der Waals surface area contributed by atoms with E-state index in [2.05, 4.69) is 18.0 Å². The summed E-state index contributed by atoms with van der Waals surface area (Å²) < 4.78 is 0. The first kappa shape index (κ1) is 17.9. The van der Waals surface area contributed by atoms with Crippen molar-refractivity contribution in [3.05, 3.63) is 42.1 Å². The number of fused-ring (bicyclic) bond motifs is 1. The number of hydrogen-bond donors (Lipinski definition) is 1. The van der Waals surface area contributed by atoms with E-state index in [1.807, 2.05) is 49.2 Å². The van der Waals surface area contributed by atoms with Crippen molar-refractivity contribution in [1.29, 1.82) is 0 Å². The molecule has 1 saturated heterocycles. The number of likely N-dealkylation sites (tertiary alicyclic amines) is 1. The van der Waals surface area contributed by atoms with Gasteiger partial charge in [0.15, 0.2) is 0 Å². The number of pyridine rings is 1. The number of aliphatic hydroxyl groups excluding tert-OH is 1. The molecular weight excluding hydrogens is 312 g/mol. The molecule has 1 amide bonds. The van der Waals surface area contributed by atoms with Crippen LogP contribution in [0.15, 0.2) is 36.5 Å². The van der Waals surface area contributed by atoms with E-state index in [1.54, 1.807) is 0 Å². The summed E-state index contributed by atoms with van der Waals surface area (Å²) in [4.78, 5) is 19.1. The van der Waals surface area contributed by atoms with Gasteiger partial charge in [0.1, 0.15) is 0 Å². The number of aliphatic hydroxyl groups is 1. The smallest absolute Gasteiger partial charge is 0.228 e. The third-order valence-electron chi connectivity index (χ3n) is 5.37. The molecule has 1 fully saturated rings. The van der Waals surface area contributed by atoms with Crippen LogP contribution in [0.2, 0.25) is 0 Å². The first-order chi connectivity index (χ1) is 11.9. The zero-order chi connectivity index (χ0) is 18.0. The lowest BCUT2D eigenvalue weighted by Crippen LogP contribution is -2.40. The molecule has 1 aromatic carbocycles. The third kappa shape index (κ3) is 3.69. The Hall–Kier alpha value is -1.94. The van der Waals surface area contributed by atoms with Gasteiger partial charge in [-0.15, -0.1) is 0 Å². The van der Waals surface area contributed by atoms with Gasteiger partial charge >= 0.3 is 0 Å². The van der Waals surface area contributed by atoms with Crippen LogP contribution in [-0.2, 0) is 11.2 Å². The fraction of sp³-hybridized carbons (Fsp3) is 0.524. The molecular formula is C21H28N2O2. The van der Waals surface area contributed by atoms with Crippen LogP contribution in [-0.4, -0.2) is 40.1 Å². The van der Waals surface area contributed by atoms with Crippen molar-refractivity contribution in [2.75, 3.05) is 13.1 Å². The van der Waals surface area contributed by atoms with Gasteiger partial charge in [-0.3, -0.25) is 9.78 Å². The van der Waals surface area contributed by atoms with Gasteiger partial charge in [0.05, 0.1) is 11.6 Å². The second-order valence-electron chi connectivity index (χ2n) is 7.86. The highest BCUT2D eigenvalue weighted by atomic mass is 16.3. The van der Waals surface area contributed by atoms with Crippen molar-refractivity contribution in [3.63, 3.8) is 0 Å². The lowest BCUT2D eigenvalue weighted by Gasteiger charge is -2.29. The highest BCUT2D eigenvalue weighted by Gasteiger charge is 2.39. The van der Waals surface area contributed by atoms with Crippen LogP contribution in [0.3, 0.4) is 0 Å². The van der Waals surface area contributed by atoms with Crippen molar-refractivity contribution in [3.8, 4) is 0 Å². The van der Waals surface area contributed by atoms with Crippen molar-refractivity contribution >= 4 is 16.8 Å². The Morgan fingerprint density at radius 2 is 2.04 bits per heavy atom. The van der Waals surface area contributed by atoms with Crippen LogP contribution >= 0.6 is 0 Å². The highest BCUT2D eigenvalue weighted by Crippen LogP contribution is 2.30. The molecule has 0 saturated carbocycles. The molecule has 4 heteroatoms. The normalized spacial score (nSPS) is 21.0. The molecule has 1 aromatic heterocycles. The second-order valence-corrected chi connectivity index (χ2v) is 7.86. The van der Waals surface area contributed by atoms with Crippen LogP contribution in [0.5, 0.6) is 0 Å².